The van der Waals surface area contributed by atoms with Gasteiger partial charge in [0.05, 0.1) is 38.2 Å². The summed E-state index contributed by atoms with van der Waals surface area (Å²) in [5, 5.41) is 0.846. The van der Waals surface area contributed by atoms with Crippen LogP contribution >= 0.6 is 0 Å². The third-order valence-electron chi connectivity index (χ3n) is 5.16. The number of nitrogens with one attached hydrogen (secondary N) is 1. The molecule has 0 saturated carbocycles. The van der Waals surface area contributed by atoms with Crippen LogP contribution in [-0.4, -0.2) is 50.4 Å². The molecule has 0 bridgehead atoms. The Labute approximate surface area is 166 Å². The number of fused-ring (bicyclic) bond motifs is 1. The van der Waals surface area contributed by atoms with Gasteiger partial charge in [-0.2, -0.15) is 4.31 Å². The molecule has 0 radical (unpaired) electrons. The highest BCUT2D eigenvalue weighted by Crippen LogP contribution is 2.23. The van der Waals surface area contributed by atoms with Crippen LogP contribution in [0.3, 0.4) is 0 Å². The lowest BCUT2D eigenvalue weighted by Gasteiger charge is -2.31. The van der Waals surface area contributed by atoms with Crippen molar-refractivity contribution in [3.8, 4) is 0 Å². The fourth-order valence-electron chi connectivity index (χ4n) is 3.60. The van der Waals surface area contributed by atoms with Crippen LogP contribution in [0.25, 0.3) is 17.0 Å². The first-order valence-corrected chi connectivity index (χ1v) is 11.0. The first kappa shape index (κ1) is 18.8. The number of sulfonamides is 1. The first-order valence-electron chi connectivity index (χ1n) is 9.54. The van der Waals surface area contributed by atoms with Gasteiger partial charge in [-0.3, -0.25) is 4.98 Å². The molecule has 3 aromatic rings. The first-order chi connectivity index (χ1) is 13.6. The minimum Gasteiger partial charge on any atom is -0.329 e. The predicted molar refractivity (Wildman–Crippen MR) is 112 cm³/mol. The van der Waals surface area contributed by atoms with E-state index >= 15 is 0 Å². The quantitative estimate of drug-likeness (QED) is 0.718. The number of piperazine rings is 1. The summed E-state index contributed by atoms with van der Waals surface area (Å²) in [5.41, 5.74) is 1.73. The van der Waals surface area contributed by atoms with Gasteiger partial charge in [0, 0.05) is 11.6 Å². The van der Waals surface area contributed by atoms with Crippen molar-refractivity contribution < 1.29 is 13.3 Å². The largest absolute Gasteiger partial charge is 0.329 e. The molecular formula is C22H24N3O2S+. The van der Waals surface area contributed by atoms with Gasteiger partial charge < -0.3 is 4.90 Å². The topological polar surface area (TPSA) is 54.7 Å². The highest BCUT2D eigenvalue weighted by atomic mass is 32.2. The summed E-state index contributed by atoms with van der Waals surface area (Å²) in [6, 6.07) is 19.3. The molecule has 1 aliphatic rings. The Morgan fingerprint density at radius 2 is 1.71 bits per heavy atom. The molecule has 0 aliphatic carbocycles. The zero-order chi connectivity index (χ0) is 19.4. The van der Waals surface area contributed by atoms with Crippen LogP contribution in [0.5, 0.6) is 0 Å². The fourth-order valence-corrected chi connectivity index (χ4v) is 5.20. The number of benzene rings is 2. The van der Waals surface area contributed by atoms with Crippen molar-refractivity contribution in [2.45, 2.75) is 4.90 Å². The number of aromatic nitrogens is 1. The van der Waals surface area contributed by atoms with Crippen molar-refractivity contribution in [3.05, 3.63) is 78.5 Å². The van der Waals surface area contributed by atoms with Gasteiger partial charge in [0.25, 0.3) is 0 Å². The minimum atomic E-state index is -3.54. The van der Waals surface area contributed by atoms with Gasteiger partial charge in [-0.1, -0.05) is 54.6 Å². The highest BCUT2D eigenvalue weighted by Gasteiger charge is 2.31. The van der Waals surface area contributed by atoms with Gasteiger partial charge in [-0.25, -0.2) is 8.42 Å². The molecular weight excluding hydrogens is 370 g/mol. The molecule has 6 heteroatoms. The summed E-state index contributed by atoms with van der Waals surface area (Å²) in [6.07, 6.45) is 5.93. The van der Waals surface area contributed by atoms with Crippen LogP contribution in [0.2, 0.25) is 0 Å². The Kier molecular flexibility index (Phi) is 5.52. The molecule has 1 aromatic heterocycles. The summed E-state index contributed by atoms with van der Waals surface area (Å²) in [4.78, 5) is 6.01. The van der Waals surface area contributed by atoms with Crippen LogP contribution in [0, 0.1) is 0 Å². The number of pyridine rings is 1. The average molecular weight is 395 g/mol. The number of rotatable bonds is 5. The smallest absolute Gasteiger partial charge is 0.245 e. The molecule has 4 rings (SSSR count). The SMILES string of the molecule is O=S(=O)(c1cccc2cccnc12)N1CC[NH+](C/C=C/c2ccccc2)CC1. The van der Waals surface area contributed by atoms with Gasteiger partial charge >= 0.3 is 0 Å². The molecule has 5 nitrogen and oxygen atoms in total. The van der Waals surface area contributed by atoms with Crippen LogP contribution in [0.15, 0.2) is 77.8 Å². The third-order valence-corrected chi connectivity index (χ3v) is 7.09. The molecule has 28 heavy (non-hydrogen) atoms. The van der Waals surface area contributed by atoms with E-state index in [1.54, 1.807) is 22.6 Å². The molecule has 2 heterocycles. The molecule has 0 spiro atoms. The van der Waals surface area contributed by atoms with E-state index in [1.165, 1.54) is 10.5 Å². The van der Waals surface area contributed by atoms with Crippen molar-refractivity contribution in [2.75, 3.05) is 32.7 Å². The molecule has 0 atom stereocenters. The second kappa shape index (κ2) is 8.22. The Balaban J connectivity index is 1.42. The van der Waals surface area contributed by atoms with E-state index in [2.05, 4.69) is 29.3 Å². The maximum absolute atomic E-state index is 13.2. The van der Waals surface area contributed by atoms with Crippen molar-refractivity contribution in [1.82, 2.24) is 9.29 Å². The lowest BCUT2D eigenvalue weighted by molar-refractivity contribution is -0.897. The van der Waals surface area contributed by atoms with Crippen molar-refractivity contribution in [3.63, 3.8) is 0 Å². The second-order valence-corrected chi connectivity index (χ2v) is 8.91. The number of hydrogen-bond acceptors (Lipinski definition) is 3. The molecule has 1 saturated heterocycles. The number of para-hydroxylation sites is 1. The second-order valence-electron chi connectivity index (χ2n) is 7.00. The van der Waals surface area contributed by atoms with Crippen molar-refractivity contribution in [1.29, 1.82) is 0 Å². The molecule has 144 valence electrons. The molecule has 1 fully saturated rings. The summed E-state index contributed by atoms with van der Waals surface area (Å²) >= 11 is 0. The lowest BCUT2D eigenvalue weighted by Crippen LogP contribution is -3.14. The number of nitrogens with zero attached hydrogens (tertiary/aromatic N) is 2. The van der Waals surface area contributed by atoms with Crippen LogP contribution in [-0.2, 0) is 10.0 Å². The van der Waals surface area contributed by atoms with Crippen LogP contribution in [0.4, 0.5) is 0 Å². The van der Waals surface area contributed by atoms with Crippen molar-refractivity contribution >= 4 is 27.0 Å². The standard InChI is InChI=1S/C22H23N3O2S/c26-28(27,21-12-4-10-20-11-5-13-23-22(20)21)25-17-15-24(16-18-25)14-6-9-19-7-2-1-3-8-19/h1-13H,14-18H2/p+1/b9-6+. The summed E-state index contributed by atoms with van der Waals surface area (Å²) < 4.78 is 27.9. The normalized spacial score (nSPS) is 16.7. The lowest BCUT2D eigenvalue weighted by atomic mass is 10.2. The van der Waals surface area contributed by atoms with Crippen LogP contribution in [0.1, 0.15) is 5.56 Å². The molecule has 2 aromatic carbocycles. The fraction of sp³-hybridized carbons (Fsp3) is 0.227. The molecule has 1 aliphatic heterocycles. The van der Waals surface area contributed by atoms with Gasteiger partial charge in [0.2, 0.25) is 10.0 Å². The minimum absolute atomic E-state index is 0.304. The highest BCUT2D eigenvalue weighted by molar-refractivity contribution is 7.89. The van der Waals surface area contributed by atoms with Gasteiger partial charge in [0.15, 0.2) is 0 Å². The number of hydrogen-bond donors (Lipinski definition) is 1. The van der Waals surface area contributed by atoms with Gasteiger partial charge in [0.1, 0.15) is 4.90 Å². The summed E-state index contributed by atoms with van der Waals surface area (Å²) in [7, 11) is -3.54. The predicted octanol–water partition coefficient (Wildman–Crippen LogP) is 1.84. The van der Waals surface area contributed by atoms with E-state index < -0.39 is 10.0 Å². The Bertz CT molecular complexity index is 1070. The van der Waals surface area contributed by atoms with E-state index in [-0.39, 0.29) is 0 Å². The van der Waals surface area contributed by atoms with Crippen molar-refractivity contribution in [2.24, 2.45) is 0 Å². The molecule has 1 N–H and O–H groups in total. The van der Waals surface area contributed by atoms with E-state index in [9.17, 15) is 8.42 Å². The van der Waals surface area contributed by atoms with E-state index in [1.807, 2.05) is 36.4 Å². The van der Waals surface area contributed by atoms with E-state index in [0.29, 0.717) is 23.5 Å². The monoisotopic (exact) mass is 394 g/mol. The summed E-state index contributed by atoms with van der Waals surface area (Å²) in [6.45, 7) is 3.56. The van der Waals surface area contributed by atoms with E-state index in [0.717, 1.165) is 25.0 Å². The molecule has 0 unspecified atom stereocenters. The summed E-state index contributed by atoms with van der Waals surface area (Å²) in [5.74, 6) is 0. The van der Waals surface area contributed by atoms with Gasteiger partial charge in [-0.05, 0) is 23.8 Å². The Morgan fingerprint density at radius 3 is 2.50 bits per heavy atom. The third kappa shape index (κ3) is 3.99. The number of quaternary nitrogens is 1. The van der Waals surface area contributed by atoms with Gasteiger partial charge in [-0.15, -0.1) is 0 Å². The molecule has 0 amide bonds. The zero-order valence-corrected chi connectivity index (χ0v) is 16.5. The average Bonchev–Trinajstić information content (AvgIpc) is 2.74. The zero-order valence-electron chi connectivity index (χ0n) is 15.7. The maximum Gasteiger partial charge on any atom is 0.245 e. The Hall–Kier alpha value is -2.54. The van der Waals surface area contributed by atoms with E-state index in [4.69, 9.17) is 0 Å². The van der Waals surface area contributed by atoms with Crippen LogP contribution < -0.4 is 4.90 Å². The maximum atomic E-state index is 13.2. The Morgan fingerprint density at radius 1 is 0.964 bits per heavy atom.